The monoisotopic (exact) mass is 258 g/mol. The Morgan fingerprint density at radius 1 is 1.28 bits per heavy atom. The van der Waals surface area contributed by atoms with E-state index < -0.39 is 12.0 Å². The first-order valence-electron chi connectivity index (χ1n) is 5.74. The fourth-order valence-corrected chi connectivity index (χ4v) is 2.02. The van der Waals surface area contributed by atoms with Crippen LogP contribution in [0.5, 0.6) is 11.5 Å². The molecule has 1 aliphatic rings. The van der Waals surface area contributed by atoms with Crippen molar-refractivity contribution in [3.63, 3.8) is 0 Å². The van der Waals surface area contributed by atoms with Gasteiger partial charge in [0, 0.05) is 6.42 Å². The van der Waals surface area contributed by atoms with E-state index in [1.807, 2.05) is 0 Å². The van der Waals surface area contributed by atoms with Gasteiger partial charge >= 0.3 is 0 Å². The van der Waals surface area contributed by atoms with E-state index in [1.54, 1.807) is 6.07 Å². The Bertz CT molecular complexity index is 442. The molecule has 3 nitrogen and oxygen atoms in total. The molecule has 0 radical (unpaired) electrons. The lowest BCUT2D eigenvalue weighted by Gasteiger charge is -2.16. The summed E-state index contributed by atoms with van der Waals surface area (Å²) in [5.74, 6) is 0.327. The number of hydrogen-bond donors (Lipinski definition) is 1. The summed E-state index contributed by atoms with van der Waals surface area (Å²) in [6.45, 7) is 0. The van der Waals surface area contributed by atoms with Crippen molar-refractivity contribution in [2.75, 3.05) is 14.2 Å². The lowest BCUT2D eigenvalue weighted by molar-refractivity contribution is 0.143. The van der Waals surface area contributed by atoms with E-state index in [0.717, 1.165) is 0 Å². The Balaban J connectivity index is 2.39. The smallest absolute Gasteiger partial charge is 0.267 e. The van der Waals surface area contributed by atoms with E-state index in [2.05, 4.69) is 0 Å². The highest BCUT2D eigenvalue weighted by molar-refractivity contribution is 5.50. The second-order valence-corrected chi connectivity index (χ2v) is 4.62. The Morgan fingerprint density at radius 3 is 2.39 bits per heavy atom. The standard InChI is InChI=1S/C13H16F2O3/c1-17-10-6-8(7-13(16)3-4-13)5-9(12(14)15)11(10)18-2/h5-6,12,16H,3-4,7H2,1-2H3. The van der Waals surface area contributed by atoms with Crippen molar-refractivity contribution >= 4 is 0 Å². The van der Waals surface area contributed by atoms with Crippen LogP contribution in [0.25, 0.3) is 0 Å². The van der Waals surface area contributed by atoms with Gasteiger partial charge in [-0.3, -0.25) is 0 Å². The molecule has 0 aromatic heterocycles. The molecule has 2 rings (SSSR count). The third kappa shape index (κ3) is 2.56. The second-order valence-electron chi connectivity index (χ2n) is 4.62. The second kappa shape index (κ2) is 4.72. The average molecular weight is 258 g/mol. The van der Waals surface area contributed by atoms with Crippen LogP contribution in [0.15, 0.2) is 12.1 Å². The van der Waals surface area contributed by atoms with E-state index in [4.69, 9.17) is 9.47 Å². The SMILES string of the molecule is COc1cc(CC2(O)CC2)cc(C(F)F)c1OC. The molecule has 0 atom stereocenters. The van der Waals surface area contributed by atoms with Gasteiger partial charge in [0.15, 0.2) is 11.5 Å². The van der Waals surface area contributed by atoms with Gasteiger partial charge in [0.2, 0.25) is 0 Å². The molecule has 5 heteroatoms. The Kier molecular flexibility index (Phi) is 3.43. The van der Waals surface area contributed by atoms with Crippen molar-refractivity contribution in [2.24, 2.45) is 0 Å². The Labute approximate surface area is 104 Å². The lowest BCUT2D eigenvalue weighted by Crippen LogP contribution is -2.11. The maximum absolute atomic E-state index is 13.0. The maximum Gasteiger partial charge on any atom is 0.267 e. The maximum atomic E-state index is 13.0. The number of rotatable bonds is 5. The number of ether oxygens (including phenoxy) is 2. The van der Waals surface area contributed by atoms with Crippen molar-refractivity contribution in [1.82, 2.24) is 0 Å². The molecule has 100 valence electrons. The highest BCUT2D eigenvalue weighted by Gasteiger charge is 2.40. The summed E-state index contributed by atoms with van der Waals surface area (Å²) in [6, 6.07) is 3.02. The molecule has 1 aliphatic carbocycles. The zero-order valence-electron chi connectivity index (χ0n) is 10.4. The number of aliphatic hydroxyl groups is 1. The van der Waals surface area contributed by atoms with Crippen LogP contribution >= 0.6 is 0 Å². The van der Waals surface area contributed by atoms with Gasteiger partial charge in [0.1, 0.15) is 0 Å². The number of hydrogen-bond acceptors (Lipinski definition) is 3. The Morgan fingerprint density at radius 2 is 1.94 bits per heavy atom. The summed E-state index contributed by atoms with van der Waals surface area (Å²) in [4.78, 5) is 0. The minimum atomic E-state index is -2.64. The highest BCUT2D eigenvalue weighted by Crippen LogP contribution is 2.42. The van der Waals surface area contributed by atoms with Gasteiger partial charge in [0.05, 0.1) is 25.4 Å². The summed E-state index contributed by atoms with van der Waals surface area (Å²) < 4.78 is 35.9. The Hall–Kier alpha value is -1.36. The van der Waals surface area contributed by atoms with Crippen LogP contribution in [0.1, 0.15) is 30.4 Å². The van der Waals surface area contributed by atoms with E-state index in [0.29, 0.717) is 24.8 Å². The van der Waals surface area contributed by atoms with Gasteiger partial charge in [-0.15, -0.1) is 0 Å². The first kappa shape index (κ1) is 13.1. The molecule has 18 heavy (non-hydrogen) atoms. The first-order valence-corrected chi connectivity index (χ1v) is 5.74. The predicted molar refractivity (Wildman–Crippen MR) is 62.4 cm³/mol. The summed E-state index contributed by atoms with van der Waals surface area (Å²) in [6.07, 6.45) is -0.841. The summed E-state index contributed by atoms with van der Waals surface area (Å²) in [5, 5.41) is 9.84. The van der Waals surface area contributed by atoms with Crippen molar-refractivity contribution in [2.45, 2.75) is 31.3 Å². The van der Waals surface area contributed by atoms with Gasteiger partial charge < -0.3 is 14.6 Å². The van der Waals surface area contributed by atoms with Crippen LogP contribution in [-0.2, 0) is 6.42 Å². The minimum absolute atomic E-state index is 0.0547. The normalized spacial score (nSPS) is 16.8. The summed E-state index contributed by atoms with van der Waals surface area (Å²) in [5.41, 5.74) is -0.280. The van der Waals surface area contributed by atoms with Gasteiger partial charge in [-0.1, -0.05) is 0 Å². The molecule has 0 saturated heterocycles. The van der Waals surface area contributed by atoms with E-state index in [-0.39, 0.29) is 17.1 Å². The molecule has 0 heterocycles. The number of alkyl halides is 2. The molecule has 0 bridgehead atoms. The molecule has 0 aliphatic heterocycles. The van der Waals surface area contributed by atoms with Gasteiger partial charge in [-0.05, 0) is 30.5 Å². The summed E-state index contributed by atoms with van der Waals surface area (Å²) >= 11 is 0. The zero-order valence-corrected chi connectivity index (χ0v) is 10.4. The van der Waals surface area contributed by atoms with Crippen molar-refractivity contribution < 1.29 is 23.4 Å². The van der Waals surface area contributed by atoms with Gasteiger partial charge in [0.25, 0.3) is 6.43 Å². The fraction of sp³-hybridized carbons (Fsp3) is 0.538. The van der Waals surface area contributed by atoms with Crippen molar-refractivity contribution in [1.29, 1.82) is 0 Å². The van der Waals surface area contributed by atoms with Crippen molar-refractivity contribution in [3.05, 3.63) is 23.3 Å². The molecule has 0 amide bonds. The van der Waals surface area contributed by atoms with E-state index >= 15 is 0 Å². The van der Waals surface area contributed by atoms with Gasteiger partial charge in [-0.25, -0.2) is 8.78 Å². The lowest BCUT2D eigenvalue weighted by atomic mass is 10.0. The largest absolute Gasteiger partial charge is 0.493 e. The predicted octanol–water partition coefficient (Wildman–Crippen LogP) is 2.71. The third-order valence-corrected chi connectivity index (χ3v) is 3.16. The zero-order chi connectivity index (χ0) is 13.3. The molecule has 1 aromatic rings. The number of benzene rings is 1. The molecule has 1 fully saturated rings. The molecule has 0 spiro atoms. The highest BCUT2D eigenvalue weighted by atomic mass is 19.3. The molecule has 0 unspecified atom stereocenters. The molecule has 1 aromatic carbocycles. The van der Waals surface area contributed by atoms with Crippen LogP contribution in [0.3, 0.4) is 0 Å². The van der Waals surface area contributed by atoms with Crippen LogP contribution < -0.4 is 9.47 Å². The molecular formula is C13H16F2O3. The molecule has 1 saturated carbocycles. The minimum Gasteiger partial charge on any atom is -0.493 e. The number of halogens is 2. The first-order chi connectivity index (χ1) is 8.49. The molecular weight excluding hydrogens is 242 g/mol. The molecule has 1 N–H and O–H groups in total. The van der Waals surface area contributed by atoms with Crippen LogP contribution in [-0.4, -0.2) is 24.9 Å². The average Bonchev–Trinajstić information content (AvgIpc) is 3.05. The summed E-state index contributed by atoms with van der Waals surface area (Å²) in [7, 11) is 2.74. The fourth-order valence-electron chi connectivity index (χ4n) is 2.02. The van der Waals surface area contributed by atoms with Crippen LogP contribution in [0.2, 0.25) is 0 Å². The van der Waals surface area contributed by atoms with Gasteiger partial charge in [-0.2, -0.15) is 0 Å². The topological polar surface area (TPSA) is 38.7 Å². The quantitative estimate of drug-likeness (QED) is 0.882. The number of methoxy groups -OCH3 is 2. The van der Waals surface area contributed by atoms with E-state index in [9.17, 15) is 13.9 Å². The van der Waals surface area contributed by atoms with E-state index in [1.165, 1.54) is 20.3 Å². The third-order valence-electron chi connectivity index (χ3n) is 3.16. The van der Waals surface area contributed by atoms with Crippen molar-refractivity contribution in [3.8, 4) is 11.5 Å². The van der Waals surface area contributed by atoms with Crippen LogP contribution in [0.4, 0.5) is 8.78 Å². The van der Waals surface area contributed by atoms with Crippen LogP contribution in [0, 0.1) is 0 Å².